The molecule has 2 rings (SSSR count). The predicted molar refractivity (Wildman–Crippen MR) is 89.9 cm³/mol. The lowest BCUT2D eigenvalue weighted by Crippen LogP contribution is -2.26. The highest BCUT2D eigenvalue weighted by Crippen LogP contribution is 2.43. The Morgan fingerprint density at radius 2 is 1.30 bits per heavy atom. The molecule has 0 amide bonds. The number of hydrogen-bond acceptors (Lipinski definition) is 0. The first-order valence-corrected chi connectivity index (χ1v) is 9.83. The lowest BCUT2D eigenvalue weighted by Gasteiger charge is -2.38. The molecule has 0 aromatic rings. The van der Waals surface area contributed by atoms with Crippen molar-refractivity contribution >= 4 is 0 Å². The maximum absolute atomic E-state index is 2.35. The van der Waals surface area contributed by atoms with Crippen LogP contribution < -0.4 is 0 Å². The van der Waals surface area contributed by atoms with Crippen molar-refractivity contribution in [2.75, 3.05) is 0 Å². The van der Waals surface area contributed by atoms with Crippen LogP contribution in [0, 0.1) is 23.7 Å². The molecule has 2 aliphatic carbocycles. The molecule has 0 saturated heterocycles. The zero-order valence-electron chi connectivity index (χ0n) is 14.2. The minimum absolute atomic E-state index is 1.09. The summed E-state index contributed by atoms with van der Waals surface area (Å²) in [4.78, 5) is 0. The van der Waals surface area contributed by atoms with E-state index < -0.39 is 0 Å². The van der Waals surface area contributed by atoms with Gasteiger partial charge in [-0.3, -0.25) is 0 Å². The molecule has 0 radical (unpaired) electrons. The Morgan fingerprint density at radius 3 is 1.95 bits per heavy atom. The summed E-state index contributed by atoms with van der Waals surface area (Å²) in [5, 5.41) is 0. The highest BCUT2D eigenvalue weighted by atomic mass is 14.4. The second kappa shape index (κ2) is 9.11. The van der Waals surface area contributed by atoms with Crippen LogP contribution in [0.15, 0.2) is 0 Å². The monoisotopic (exact) mass is 278 g/mol. The third-order valence-electron chi connectivity index (χ3n) is 6.31. The van der Waals surface area contributed by atoms with Gasteiger partial charge in [-0.15, -0.1) is 0 Å². The Kier molecular flexibility index (Phi) is 7.45. The Balaban J connectivity index is 1.69. The molecule has 0 N–H and O–H groups in total. The molecular formula is C20H38. The molecule has 2 aliphatic rings. The van der Waals surface area contributed by atoms with Crippen molar-refractivity contribution < 1.29 is 0 Å². The normalized spacial score (nSPS) is 35.1. The van der Waals surface area contributed by atoms with Gasteiger partial charge in [-0.05, 0) is 42.9 Å². The fourth-order valence-corrected chi connectivity index (χ4v) is 4.96. The molecule has 2 saturated carbocycles. The van der Waals surface area contributed by atoms with Gasteiger partial charge in [0.15, 0.2) is 0 Å². The molecular weight excluding hydrogens is 240 g/mol. The van der Waals surface area contributed by atoms with Crippen LogP contribution in [0.4, 0.5) is 0 Å². The predicted octanol–water partition coefficient (Wildman–Crippen LogP) is 6.98. The Morgan fingerprint density at radius 1 is 0.650 bits per heavy atom. The lowest BCUT2D eigenvalue weighted by molar-refractivity contribution is 0.132. The minimum atomic E-state index is 1.09. The third-order valence-corrected chi connectivity index (χ3v) is 6.31. The molecule has 0 nitrogen and oxygen atoms in total. The molecule has 0 bridgehead atoms. The van der Waals surface area contributed by atoms with Gasteiger partial charge in [0.2, 0.25) is 0 Å². The molecule has 0 heterocycles. The first-order chi connectivity index (χ1) is 9.83. The fraction of sp³-hybridized carbons (Fsp3) is 1.00. The van der Waals surface area contributed by atoms with Crippen molar-refractivity contribution in [3.63, 3.8) is 0 Å². The van der Waals surface area contributed by atoms with E-state index in [1.165, 1.54) is 44.9 Å². The largest absolute Gasteiger partial charge is 0.0654 e. The summed E-state index contributed by atoms with van der Waals surface area (Å²) in [5.41, 5.74) is 0. The van der Waals surface area contributed by atoms with E-state index >= 15 is 0 Å². The first-order valence-electron chi connectivity index (χ1n) is 9.83. The van der Waals surface area contributed by atoms with Crippen molar-refractivity contribution in [3.8, 4) is 0 Å². The van der Waals surface area contributed by atoms with Crippen LogP contribution in [0.1, 0.15) is 104 Å². The van der Waals surface area contributed by atoms with Gasteiger partial charge in [-0.1, -0.05) is 84.5 Å². The molecule has 20 heavy (non-hydrogen) atoms. The van der Waals surface area contributed by atoms with E-state index in [0.717, 1.165) is 23.7 Å². The highest BCUT2D eigenvalue weighted by Gasteiger charge is 2.31. The van der Waals surface area contributed by atoms with Crippen molar-refractivity contribution in [3.05, 3.63) is 0 Å². The standard InChI is InChI=1S/C20H38/c1-3-5-8-17-12-14-19(15-13-17)20-11-7-10-18(16-20)9-6-4-2/h17-20H,3-16H2,1-2H3. The van der Waals surface area contributed by atoms with Gasteiger partial charge in [0.1, 0.15) is 0 Å². The van der Waals surface area contributed by atoms with E-state index in [1.54, 1.807) is 44.9 Å². The van der Waals surface area contributed by atoms with Crippen molar-refractivity contribution in [1.29, 1.82) is 0 Å². The Bertz CT molecular complexity index is 236. The average molecular weight is 279 g/mol. The van der Waals surface area contributed by atoms with E-state index in [2.05, 4.69) is 13.8 Å². The van der Waals surface area contributed by atoms with E-state index in [1.807, 2.05) is 0 Å². The maximum Gasteiger partial charge on any atom is -0.0383 e. The van der Waals surface area contributed by atoms with Gasteiger partial charge in [0.05, 0.1) is 0 Å². The summed E-state index contributed by atoms with van der Waals surface area (Å²) in [6, 6.07) is 0. The van der Waals surface area contributed by atoms with Gasteiger partial charge in [0.25, 0.3) is 0 Å². The molecule has 0 aromatic heterocycles. The van der Waals surface area contributed by atoms with Crippen LogP contribution in [-0.4, -0.2) is 0 Å². The zero-order valence-corrected chi connectivity index (χ0v) is 14.2. The Hall–Kier alpha value is 0. The summed E-state index contributed by atoms with van der Waals surface area (Å²) in [5.74, 6) is 4.40. The fourth-order valence-electron chi connectivity index (χ4n) is 4.96. The van der Waals surface area contributed by atoms with Crippen LogP contribution in [0.25, 0.3) is 0 Å². The first kappa shape index (κ1) is 16.4. The average Bonchev–Trinajstić information content (AvgIpc) is 2.52. The van der Waals surface area contributed by atoms with Gasteiger partial charge < -0.3 is 0 Å². The van der Waals surface area contributed by atoms with Crippen molar-refractivity contribution in [2.24, 2.45) is 23.7 Å². The smallest absolute Gasteiger partial charge is 0.0383 e. The maximum atomic E-state index is 2.35. The molecule has 2 fully saturated rings. The molecule has 118 valence electrons. The second-order valence-corrected chi connectivity index (χ2v) is 7.86. The van der Waals surface area contributed by atoms with Crippen molar-refractivity contribution in [2.45, 2.75) is 104 Å². The quantitative estimate of drug-likeness (QED) is 0.471. The van der Waals surface area contributed by atoms with E-state index in [0.29, 0.717) is 0 Å². The van der Waals surface area contributed by atoms with E-state index in [4.69, 9.17) is 0 Å². The van der Waals surface area contributed by atoms with E-state index in [-0.39, 0.29) is 0 Å². The second-order valence-electron chi connectivity index (χ2n) is 7.86. The SMILES string of the molecule is CCCCC1CCC(C2CCCC(CCCC)C2)CC1. The van der Waals surface area contributed by atoms with Gasteiger partial charge in [-0.25, -0.2) is 0 Å². The van der Waals surface area contributed by atoms with Gasteiger partial charge >= 0.3 is 0 Å². The highest BCUT2D eigenvalue weighted by molar-refractivity contribution is 4.82. The minimum Gasteiger partial charge on any atom is -0.0654 e. The van der Waals surface area contributed by atoms with Gasteiger partial charge in [-0.2, -0.15) is 0 Å². The summed E-state index contributed by atoms with van der Waals surface area (Å²) < 4.78 is 0. The van der Waals surface area contributed by atoms with Crippen LogP contribution in [-0.2, 0) is 0 Å². The third kappa shape index (κ3) is 5.08. The van der Waals surface area contributed by atoms with Crippen LogP contribution in [0.5, 0.6) is 0 Å². The summed E-state index contributed by atoms with van der Waals surface area (Å²) in [6.45, 7) is 4.68. The van der Waals surface area contributed by atoms with Crippen LogP contribution in [0.2, 0.25) is 0 Å². The molecule has 0 aromatic carbocycles. The number of rotatable bonds is 7. The zero-order chi connectivity index (χ0) is 14.2. The van der Waals surface area contributed by atoms with Gasteiger partial charge in [0, 0.05) is 0 Å². The summed E-state index contributed by atoms with van der Waals surface area (Å²) >= 11 is 0. The number of hydrogen-bond donors (Lipinski definition) is 0. The Labute approximate surface area is 128 Å². The topological polar surface area (TPSA) is 0 Å². The molecule has 2 unspecified atom stereocenters. The van der Waals surface area contributed by atoms with Crippen LogP contribution in [0.3, 0.4) is 0 Å². The molecule has 2 atom stereocenters. The molecule has 0 aliphatic heterocycles. The van der Waals surface area contributed by atoms with Crippen molar-refractivity contribution in [1.82, 2.24) is 0 Å². The van der Waals surface area contributed by atoms with Crippen LogP contribution >= 0.6 is 0 Å². The lowest BCUT2D eigenvalue weighted by atomic mass is 9.67. The molecule has 0 heteroatoms. The number of unbranched alkanes of at least 4 members (excludes halogenated alkanes) is 2. The molecule has 0 spiro atoms. The summed E-state index contributed by atoms with van der Waals surface area (Å²) in [7, 11) is 0. The van der Waals surface area contributed by atoms with E-state index in [9.17, 15) is 0 Å². The summed E-state index contributed by atoms with van der Waals surface area (Å²) in [6.07, 6.45) is 21.3.